The predicted molar refractivity (Wildman–Crippen MR) is 120 cm³/mol. The fourth-order valence-electron chi connectivity index (χ4n) is 3.36. The second kappa shape index (κ2) is 8.63. The summed E-state index contributed by atoms with van der Waals surface area (Å²) >= 11 is 7.48. The van der Waals surface area contributed by atoms with Crippen LogP contribution in [0.2, 0.25) is 5.02 Å². The highest BCUT2D eigenvalue weighted by atomic mass is 35.5. The van der Waals surface area contributed by atoms with Gasteiger partial charge < -0.3 is 10.2 Å². The average molecular weight is 463 g/mol. The van der Waals surface area contributed by atoms with Crippen LogP contribution in [0.5, 0.6) is 0 Å². The third-order valence-corrected chi connectivity index (χ3v) is 7.25. The minimum atomic E-state index is -3.72. The van der Waals surface area contributed by atoms with Crippen molar-refractivity contribution in [2.75, 3.05) is 28.0 Å². The monoisotopic (exact) mass is 462 g/mol. The predicted octanol–water partition coefficient (Wildman–Crippen LogP) is 3.99. The summed E-state index contributed by atoms with van der Waals surface area (Å²) in [6.45, 7) is 0.972. The van der Waals surface area contributed by atoms with Gasteiger partial charge in [-0.2, -0.15) is 0 Å². The summed E-state index contributed by atoms with van der Waals surface area (Å²) in [5.74, 6) is -0.181. The molecule has 156 valence electrons. The summed E-state index contributed by atoms with van der Waals surface area (Å²) in [5, 5.41) is 5.53. The number of amides is 1. The number of thiazole rings is 1. The maximum atomic E-state index is 12.5. The van der Waals surface area contributed by atoms with Gasteiger partial charge in [-0.25, -0.2) is 13.4 Å². The van der Waals surface area contributed by atoms with Crippen LogP contribution in [0.15, 0.2) is 58.9 Å². The van der Waals surface area contributed by atoms with Gasteiger partial charge in [0.1, 0.15) is 0 Å². The average Bonchev–Trinajstić information content (AvgIpc) is 3.21. The summed E-state index contributed by atoms with van der Waals surface area (Å²) in [5.41, 5.74) is 2.58. The molecule has 1 aliphatic heterocycles. The zero-order chi connectivity index (χ0) is 21.1. The Labute approximate surface area is 183 Å². The first-order valence-corrected chi connectivity index (χ1v) is 12.0. The van der Waals surface area contributed by atoms with Crippen molar-refractivity contribution in [1.29, 1.82) is 0 Å². The lowest BCUT2D eigenvalue weighted by Gasteiger charge is -2.31. The molecule has 0 saturated heterocycles. The van der Waals surface area contributed by atoms with Crippen molar-refractivity contribution in [3.63, 3.8) is 0 Å². The molecule has 0 radical (unpaired) electrons. The highest BCUT2D eigenvalue weighted by molar-refractivity contribution is 7.93. The van der Waals surface area contributed by atoms with Crippen LogP contribution in [0, 0.1) is 0 Å². The molecule has 2 aromatic carbocycles. The number of benzene rings is 2. The number of nitrogens with zero attached hydrogens (tertiary/aromatic N) is 2. The molecule has 10 heteroatoms. The Morgan fingerprint density at radius 1 is 1.20 bits per heavy atom. The Hall–Kier alpha value is -2.62. The Bertz CT molecular complexity index is 1150. The van der Waals surface area contributed by atoms with Crippen LogP contribution in [0.1, 0.15) is 12.0 Å². The van der Waals surface area contributed by atoms with E-state index >= 15 is 0 Å². The van der Waals surface area contributed by atoms with E-state index in [-0.39, 0.29) is 17.3 Å². The van der Waals surface area contributed by atoms with Gasteiger partial charge in [0.05, 0.1) is 11.4 Å². The largest absolute Gasteiger partial charge is 0.362 e. The minimum absolute atomic E-state index is 0.0929. The number of nitrogens with one attached hydrogen (secondary N) is 2. The molecule has 1 aromatic heterocycles. The van der Waals surface area contributed by atoms with Crippen molar-refractivity contribution in [2.24, 2.45) is 0 Å². The molecule has 0 saturated carbocycles. The third kappa shape index (κ3) is 4.58. The van der Waals surface area contributed by atoms with Crippen LogP contribution in [0.3, 0.4) is 0 Å². The maximum Gasteiger partial charge on any atom is 0.263 e. The Morgan fingerprint density at radius 3 is 2.73 bits per heavy atom. The standard InChI is InChI=1S/C20H19ClN4O3S2/c21-17-4-1-5-18-16(17)3-2-11-25(18)13-19(26)23-14-6-8-15(9-7-14)30(27,28)24-20-22-10-12-29-20/h1,4-10,12H,2-3,11,13H2,(H,22,24)(H,23,26). The number of carbonyl (C=O) groups excluding carboxylic acids is 1. The fraction of sp³-hybridized carbons (Fsp3) is 0.200. The number of carbonyl (C=O) groups is 1. The van der Waals surface area contributed by atoms with Crippen molar-refractivity contribution in [1.82, 2.24) is 4.98 Å². The van der Waals surface area contributed by atoms with Crippen LogP contribution in [-0.4, -0.2) is 32.4 Å². The van der Waals surface area contributed by atoms with Gasteiger partial charge in [-0.1, -0.05) is 17.7 Å². The van der Waals surface area contributed by atoms with Crippen LogP contribution < -0.4 is 14.9 Å². The fourth-order valence-corrected chi connectivity index (χ4v) is 5.41. The Balaban J connectivity index is 1.41. The van der Waals surface area contributed by atoms with E-state index in [2.05, 4.69) is 15.0 Å². The normalized spacial score (nSPS) is 13.6. The SMILES string of the molecule is O=C(CN1CCCc2c(Cl)cccc21)Nc1ccc(S(=O)(=O)Nc2nccs2)cc1. The van der Waals surface area contributed by atoms with Crippen LogP contribution in [0.25, 0.3) is 0 Å². The first-order valence-electron chi connectivity index (χ1n) is 9.27. The number of aromatic nitrogens is 1. The van der Waals surface area contributed by atoms with Gasteiger partial charge >= 0.3 is 0 Å². The van der Waals surface area contributed by atoms with E-state index in [1.165, 1.54) is 29.7 Å². The molecule has 0 bridgehead atoms. The summed E-state index contributed by atoms with van der Waals surface area (Å²) in [7, 11) is -3.72. The lowest BCUT2D eigenvalue weighted by atomic mass is 10.0. The maximum absolute atomic E-state index is 12.5. The molecular formula is C20H19ClN4O3S2. The lowest BCUT2D eigenvalue weighted by molar-refractivity contribution is -0.115. The summed E-state index contributed by atoms with van der Waals surface area (Å²) in [6.07, 6.45) is 3.36. The molecule has 2 N–H and O–H groups in total. The molecule has 0 aliphatic carbocycles. The van der Waals surface area contributed by atoms with E-state index in [4.69, 9.17) is 11.6 Å². The number of rotatable bonds is 6. The topological polar surface area (TPSA) is 91.4 Å². The van der Waals surface area contributed by atoms with E-state index in [1.54, 1.807) is 17.5 Å². The minimum Gasteiger partial charge on any atom is -0.362 e. The van der Waals surface area contributed by atoms with Gasteiger partial charge in [0.15, 0.2) is 5.13 Å². The van der Waals surface area contributed by atoms with Crippen LogP contribution >= 0.6 is 22.9 Å². The van der Waals surface area contributed by atoms with Crippen molar-refractivity contribution in [3.05, 3.63) is 64.6 Å². The Kier molecular flexibility index (Phi) is 5.94. The molecule has 0 atom stereocenters. The molecule has 2 heterocycles. The zero-order valence-corrected chi connectivity index (χ0v) is 18.2. The van der Waals surface area contributed by atoms with Gasteiger partial charge in [-0.05, 0) is 54.8 Å². The van der Waals surface area contributed by atoms with E-state index in [9.17, 15) is 13.2 Å². The van der Waals surface area contributed by atoms with Gasteiger partial charge in [0.25, 0.3) is 10.0 Å². The summed E-state index contributed by atoms with van der Waals surface area (Å²) in [6, 6.07) is 11.7. The molecule has 4 rings (SSSR count). The Morgan fingerprint density at radius 2 is 2.00 bits per heavy atom. The lowest BCUT2D eigenvalue weighted by Crippen LogP contribution is -2.36. The van der Waals surface area contributed by atoms with Gasteiger partial charge in [0, 0.05) is 34.5 Å². The highest BCUT2D eigenvalue weighted by Gasteiger charge is 2.21. The van der Waals surface area contributed by atoms with E-state index in [1.807, 2.05) is 23.1 Å². The molecule has 30 heavy (non-hydrogen) atoms. The van der Waals surface area contributed by atoms with Crippen molar-refractivity contribution in [2.45, 2.75) is 17.7 Å². The molecule has 1 aliphatic rings. The van der Waals surface area contributed by atoms with E-state index < -0.39 is 10.0 Å². The van der Waals surface area contributed by atoms with Gasteiger partial charge in [-0.15, -0.1) is 11.3 Å². The number of hydrogen-bond acceptors (Lipinski definition) is 6. The smallest absolute Gasteiger partial charge is 0.263 e. The van der Waals surface area contributed by atoms with Crippen molar-refractivity contribution < 1.29 is 13.2 Å². The number of sulfonamides is 1. The first kappa shape index (κ1) is 20.6. The molecule has 0 spiro atoms. The van der Waals surface area contributed by atoms with Gasteiger partial charge in [-0.3, -0.25) is 9.52 Å². The third-order valence-electron chi connectivity index (χ3n) is 4.73. The van der Waals surface area contributed by atoms with Crippen molar-refractivity contribution in [3.8, 4) is 0 Å². The number of hydrogen-bond donors (Lipinski definition) is 2. The summed E-state index contributed by atoms with van der Waals surface area (Å²) < 4.78 is 27.2. The zero-order valence-electron chi connectivity index (χ0n) is 15.8. The van der Waals surface area contributed by atoms with E-state index in [0.29, 0.717) is 10.8 Å². The van der Waals surface area contributed by atoms with Crippen LogP contribution in [-0.2, 0) is 21.2 Å². The second-order valence-electron chi connectivity index (χ2n) is 6.78. The first-order chi connectivity index (χ1) is 14.4. The van der Waals surface area contributed by atoms with E-state index in [0.717, 1.165) is 35.7 Å². The number of anilines is 3. The highest BCUT2D eigenvalue weighted by Crippen LogP contribution is 2.32. The molecule has 0 fully saturated rings. The second-order valence-corrected chi connectivity index (χ2v) is 9.76. The van der Waals surface area contributed by atoms with Gasteiger partial charge in [0.2, 0.25) is 5.91 Å². The number of halogens is 1. The van der Waals surface area contributed by atoms with Crippen molar-refractivity contribution >= 4 is 55.4 Å². The summed E-state index contributed by atoms with van der Waals surface area (Å²) in [4.78, 5) is 18.6. The molecule has 7 nitrogen and oxygen atoms in total. The molecule has 1 amide bonds. The molecule has 3 aromatic rings. The number of fused-ring (bicyclic) bond motifs is 1. The molecule has 0 unspecified atom stereocenters. The quantitative estimate of drug-likeness (QED) is 0.578. The van der Waals surface area contributed by atoms with Crippen LogP contribution in [0.4, 0.5) is 16.5 Å². The molecular weight excluding hydrogens is 444 g/mol.